The van der Waals surface area contributed by atoms with Gasteiger partial charge in [0.15, 0.2) is 0 Å². The van der Waals surface area contributed by atoms with Crippen LogP contribution in [0.15, 0.2) is 24.3 Å². The van der Waals surface area contributed by atoms with E-state index in [2.05, 4.69) is 0 Å². The van der Waals surface area contributed by atoms with Crippen LogP contribution in [-0.2, 0) is 14.3 Å². The summed E-state index contributed by atoms with van der Waals surface area (Å²) in [6, 6.07) is 7.20. The predicted molar refractivity (Wildman–Crippen MR) is 89.0 cm³/mol. The molecule has 0 spiro atoms. The van der Waals surface area contributed by atoms with Gasteiger partial charge in [0.2, 0.25) is 5.91 Å². The van der Waals surface area contributed by atoms with Crippen LogP contribution in [0.4, 0.5) is 0 Å². The molecule has 1 fully saturated rings. The molecule has 0 aliphatic carbocycles. The SMILES string of the molecule is CN(CCOc1cccc(Cl)c1)C(=O)COC[C@H]1CCCCO1. The van der Waals surface area contributed by atoms with Gasteiger partial charge in [0, 0.05) is 18.7 Å². The molecule has 23 heavy (non-hydrogen) atoms. The Morgan fingerprint density at radius 3 is 3.04 bits per heavy atom. The summed E-state index contributed by atoms with van der Waals surface area (Å²) in [5.74, 6) is 0.638. The van der Waals surface area contributed by atoms with Crippen molar-refractivity contribution in [1.82, 2.24) is 4.90 Å². The van der Waals surface area contributed by atoms with Gasteiger partial charge in [-0.25, -0.2) is 0 Å². The van der Waals surface area contributed by atoms with Crippen molar-refractivity contribution in [3.05, 3.63) is 29.3 Å². The van der Waals surface area contributed by atoms with Crippen LogP contribution < -0.4 is 4.74 Å². The molecule has 1 aromatic rings. The molecule has 1 aromatic carbocycles. The maximum absolute atomic E-state index is 12.0. The highest BCUT2D eigenvalue weighted by atomic mass is 35.5. The van der Waals surface area contributed by atoms with Crippen LogP contribution in [0.1, 0.15) is 19.3 Å². The van der Waals surface area contributed by atoms with Gasteiger partial charge < -0.3 is 19.1 Å². The zero-order valence-corrected chi connectivity index (χ0v) is 14.3. The van der Waals surface area contributed by atoms with E-state index in [0.29, 0.717) is 30.5 Å². The van der Waals surface area contributed by atoms with Gasteiger partial charge in [0.05, 0.1) is 19.3 Å². The summed E-state index contributed by atoms with van der Waals surface area (Å²) in [6.45, 7) is 2.26. The molecule has 1 atom stereocenters. The number of hydrogen-bond acceptors (Lipinski definition) is 4. The largest absolute Gasteiger partial charge is 0.492 e. The third kappa shape index (κ3) is 6.77. The number of amides is 1. The number of hydrogen-bond donors (Lipinski definition) is 0. The highest BCUT2D eigenvalue weighted by Crippen LogP contribution is 2.17. The number of likely N-dealkylation sites (N-methyl/N-ethyl adjacent to an activating group) is 1. The van der Waals surface area contributed by atoms with Crippen molar-refractivity contribution in [3.63, 3.8) is 0 Å². The average molecular weight is 342 g/mol. The summed E-state index contributed by atoms with van der Waals surface area (Å²) >= 11 is 5.89. The molecule has 6 heteroatoms. The minimum Gasteiger partial charge on any atom is -0.492 e. The number of halogens is 1. The topological polar surface area (TPSA) is 48.0 Å². The third-order valence-corrected chi connectivity index (χ3v) is 3.96. The van der Waals surface area contributed by atoms with Gasteiger partial charge in [-0.3, -0.25) is 4.79 Å². The van der Waals surface area contributed by atoms with E-state index >= 15 is 0 Å². The first-order valence-corrected chi connectivity index (χ1v) is 8.34. The van der Waals surface area contributed by atoms with Crippen LogP contribution in [0.5, 0.6) is 5.75 Å². The summed E-state index contributed by atoms with van der Waals surface area (Å²) in [4.78, 5) is 13.6. The maximum Gasteiger partial charge on any atom is 0.248 e. The number of rotatable bonds is 8. The highest BCUT2D eigenvalue weighted by molar-refractivity contribution is 6.30. The van der Waals surface area contributed by atoms with Gasteiger partial charge in [-0.1, -0.05) is 17.7 Å². The second kappa shape index (κ2) is 9.75. The van der Waals surface area contributed by atoms with E-state index in [1.54, 1.807) is 24.1 Å². The number of ether oxygens (including phenoxy) is 3. The number of carbonyl (C=O) groups excluding carboxylic acids is 1. The fraction of sp³-hybridized carbons (Fsp3) is 0.588. The number of benzene rings is 1. The zero-order chi connectivity index (χ0) is 16.5. The molecule has 0 aromatic heterocycles. The first-order valence-electron chi connectivity index (χ1n) is 7.97. The molecular formula is C17H24ClNO4. The van der Waals surface area contributed by atoms with Crippen LogP contribution in [0.2, 0.25) is 5.02 Å². The minimum absolute atomic E-state index is 0.0597. The predicted octanol–water partition coefficient (Wildman–Crippen LogP) is 2.76. The molecule has 0 unspecified atom stereocenters. The Morgan fingerprint density at radius 1 is 1.43 bits per heavy atom. The molecule has 1 saturated heterocycles. The van der Waals surface area contributed by atoms with E-state index in [9.17, 15) is 4.79 Å². The van der Waals surface area contributed by atoms with Gasteiger partial charge in [0.1, 0.15) is 19.0 Å². The lowest BCUT2D eigenvalue weighted by Gasteiger charge is -2.23. The fourth-order valence-corrected chi connectivity index (χ4v) is 2.49. The van der Waals surface area contributed by atoms with Crippen molar-refractivity contribution >= 4 is 17.5 Å². The smallest absolute Gasteiger partial charge is 0.248 e. The molecule has 5 nitrogen and oxygen atoms in total. The van der Waals surface area contributed by atoms with Gasteiger partial charge >= 0.3 is 0 Å². The standard InChI is InChI=1S/C17H24ClNO4/c1-19(8-10-23-15-7-4-5-14(18)11-15)17(20)13-21-12-16-6-2-3-9-22-16/h4-5,7,11,16H,2-3,6,8-10,12-13H2,1H3/t16-/m1/s1. The normalized spacial score (nSPS) is 17.7. The Kier molecular flexibility index (Phi) is 7.65. The van der Waals surface area contributed by atoms with Crippen molar-refractivity contribution in [1.29, 1.82) is 0 Å². The monoisotopic (exact) mass is 341 g/mol. The lowest BCUT2D eigenvalue weighted by atomic mass is 10.1. The quantitative estimate of drug-likeness (QED) is 0.729. The summed E-state index contributed by atoms with van der Waals surface area (Å²) < 4.78 is 16.6. The van der Waals surface area contributed by atoms with Gasteiger partial charge in [-0.2, -0.15) is 0 Å². The Hall–Kier alpha value is -1.30. The van der Waals surface area contributed by atoms with E-state index in [1.165, 1.54) is 6.42 Å². The summed E-state index contributed by atoms with van der Waals surface area (Å²) in [5, 5.41) is 0.630. The Balaban J connectivity index is 1.58. The van der Waals surface area contributed by atoms with E-state index in [4.69, 9.17) is 25.8 Å². The van der Waals surface area contributed by atoms with Crippen molar-refractivity contribution in [2.75, 3.05) is 40.0 Å². The van der Waals surface area contributed by atoms with E-state index in [1.807, 2.05) is 12.1 Å². The first kappa shape index (κ1) is 18.0. The molecule has 0 bridgehead atoms. The molecule has 1 heterocycles. The van der Waals surface area contributed by atoms with Crippen LogP contribution in [0.3, 0.4) is 0 Å². The number of carbonyl (C=O) groups is 1. The Morgan fingerprint density at radius 2 is 2.30 bits per heavy atom. The molecule has 0 radical (unpaired) electrons. The Bertz CT molecular complexity index is 491. The van der Waals surface area contributed by atoms with Crippen LogP contribution >= 0.6 is 11.6 Å². The molecule has 1 aliphatic heterocycles. The fourth-order valence-electron chi connectivity index (χ4n) is 2.31. The lowest BCUT2D eigenvalue weighted by molar-refractivity contribution is -0.137. The van der Waals surface area contributed by atoms with Crippen molar-refractivity contribution in [3.8, 4) is 5.75 Å². The number of nitrogens with zero attached hydrogens (tertiary/aromatic N) is 1. The van der Waals surface area contributed by atoms with E-state index < -0.39 is 0 Å². The van der Waals surface area contributed by atoms with Crippen LogP contribution in [-0.4, -0.2) is 56.9 Å². The summed E-state index contributed by atoms with van der Waals surface area (Å²) in [7, 11) is 1.74. The van der Waals surface area contributed by atoms with E-state index in [0.717, 1.165) is 19.4 Å². The van der Waals surface area contributed by atoms with Gasteiger partial charge in [-0.15, -0.1) is 0 Å². The molecule has 2 rings (SSSR count). The molecule has 1 aliphatic rings. The van der Waals surface area contributed by atoms with Crippen molar-refractivity contribution in [2.24, 2.45) is 0 Å². The van der Waals surface area contributed by atoms with Crippen LogP contribution in [0.25, 0.3) is 0 Å². The molecule has 1 amide bonds. The summed E-state index contributed by atoms with van der Waals surface area (Å²) in [6.07, 6.45) is 3.43. The Labute approximate surface area is 142 Å². The van der Waals surface area contributed by atoms with Gasteiger partial charge in [-0.05, 0) is 37.5 Å². The van der Waals surface area contributed by atoms with E-state index in [-0.39, 0.29) is 18.6 Å². The highest BCUT2D eigenvalue weighted by Gasteiger charge is 2.15. The zero-order valence-electron chi connectivity index (χ0n) is 13.5. The molecular weight excluding hydrogens is 318 g/mol. The van der Waals surface area contributed by atoms with Crippen LogP contribution in [0, 0.1) is 0 Å². The van der Waals surface area contributed by atoms with Crippen molar-refractivity contribution in [2.45, 2.75) is 25.4 Å². The van der Waals surface area contributed by atoms with Crippen molar-refractivity contribution < 1.29 is 19.0 Å². The summed E-state index contributed by atoms with van der Waals surface area (Å²) in [5.41, 5.74) is 0. The lowest BCUT2D eigenvalue weighted by Crippen LogP contribution is -2.35. The van der Waals surface area contributed by atoms with Gasteiger partial charge in [0.25, 0.3) is 0 Å². The first-order chi connectivity index (χ1) is 11.1. The second-order valence-corrected chi connectivity index (χ2v) is 6.06. The molecule has 0 saturated carbocycles. The molecule has 0 N–H and O–H groups in total. The average Bonchev–Trinajstić information content (AvgIpc) is 2.55. The maximum atomic E-state index is 12.0. The third-order valence-electron chi connectivity index (χ3n) is 3.72. The molecule has 128 valence electrons. The minimum atomic E-state index is -0.0597. The second-order valence-electron chi connectivity index (χ2n) is 5.62.